The van der Waals surface area contributed by atoms with Crippen LogP contribution < -0.4 is 5.84 Å². The summed E-state index contributed by atoms with van der Waals surface area (Å²) in [6.07, 6.45) is 12.0. The molecule has 0 saturated heterocycles. The molecule has 3 N–H and O–H groups in total. The Labute approximate surface area is 146 Å². The van der Waals surface area contributed by atoms with E-state index < -0.39 is 0 Å². The standard InChI is InChI=1S/C21H34N2O/c1-13(23-22)17-6-7-18-16-5-4-14-12-15(24)8-10-20(14,2)19(16)9-11-21(17,18)3/h4,15-19,24H,5-12,22H2,1-3H3/b23-13+/t15-,16-,17-,18+,19+,20-,21+/m0/s1. The molecule has 4 aliphatic carbocycles. The van der Waals surface area contributed by atoms with Gasteiger partial charge in [-0.1, -0.05) is 25.5 Å². The van der Waals surface area contributed by atoms with Crippen LogP contribution in [0, 0.1) is 34.5 Å². The van der Waals surface area contributed by atoms with Gasteiger partial charge in [0.05, 0.1) is 6.10 Å². The number of hydrogen-bond acceptors (Lipinski definition) is 3. The van der Waals surface area contributed by atoms with Gasteiger partial charge in [-0.15, -0.1) is 0 Å². The number of hydrogen-bond donors (Lipinski definition) is 2. The second kappa shape index (κ2) is 5.59. The SMILES string of the molecule is C/C(=N\N)[C@@H]1CC[C@@H]2[C@@H]3CC=C4C[C@@H](O)CC[C@]4(C)[C@@H]3CC[C@@]21C. The van der Waals surface area contributed by atoms with Gasteiger partial charge in [0.2, 0.25) is 0 Å². The van der Waals surface area contributed by atoms with Gasteiger partial charge in [-0.25, -0.2) is 0 Å². The average Bonchev–Trinajstić information content (AvgIpc) is 2.92. The summed E-state index contributed by atoms with van der Waals surface area (Å²) < 4.78 is 0. The first kappa shape index (κ1) is 16.6. The Kier molecular flexibility index (Phi) is 3.87. The highest BCUT2D eigenvalue weighted by atomic mass is 16.3. The van der Waals surface area contributed by atoms with E-state index in [1.807, 2.05) is 0 Å². The highest BCUT2D eigenvalue weighted by molar-refractivity contribution is 5.85. The normalized spacial score (nSPS) is 51.4. The van der Waals surface area contributed by atoms with Gasteiger partial charge in [0.1, 0.15) is 0 Å². The summed E-state index contributed by atoms with van der Waals surface area (Å²) in [5.41, 5.74) is 3.47. The molecule has 0 radical (unpaired) electrons. The summed E-state index contributed by atoms with van der Waals surface area (Å²) in [6, 6.07) is 0. The smallest absolute Gasteiger partial charge is 0.0577 e. The Bertz CT molecular complexity index is 582. The Morgan fingerprint density at radius 2 is 1.96 bits per heavy atom. The first-order valence-electron chi connectivity index (χ1n) is 10.0. The van der Waals surface area contributed by atoms with E-state index in [1.165, 1.54) is 38.5 Å². The number of aliphatic hydroxyl groups excluding tert-OH is 1. The van der Waals surface area contributed by atoms with E-state index in [1.54, 1.807) is 5.57 Å². The molecule has 3 fully saturated rings. The number of aliphatic hydroxyl groups is 1. The molecule has 0 heterocycles. The number of rotatable bonds is 1. The van der Waals surface area contributed by atoms with Crippen molar-refractivity contribution in [3.63, 3.8) is 0 Å². The molecule has 0 spiro atoms. The van der Waals surface area contributed by atoms with E-state index >= 15 is 0 Å². The van der Waals surface area contributed by atoms with Gasteiger partial charge in [-0.05, 0) is 86.9 Å². The Morgan fingerprint density at radius 3 is 2.71 bits per heavy atom. The van der Waals surface area contributed by atoms with Crippen LogP contribution in [0.25, 0.3) is 0 Å². The first-order chi connectivity index (χ1) is 11.4. The lowest BCUT2D eigenvalue weighted by Gasteiger charge is -2.58. The zero-order valence-corrected chi connectivity index (χ0v) is 15.6. The fraction of sp³-hybridized carbons (Fsp3) is 0.857. The van der Waals surface area contributed by atoms with Crippen molar-refractivity contribution < 1.29 is 5.11 Å². The summed E-state index contributed by atoms with van der Waals surface area (Å²) in [5, 5.41) is 14.2. The lowest BCUT2D eigenvalue weighted by molar-refractivity contribution is -0.0423. The molecule has 4 aliphatic rings. The zero-order valence-electron chi connectivity index (χ0n) is 15.6. The van der Waals surface area contributed by atoms with Crippen LogP contribution in [0.1, 0.15) is 72.1 Å². The maximum atomic E-state index is 10.1. The molecular formula is C21H34N2O. The molecule has 0 aliphatic heterocycles. The van der Waals surface area contributed by atoms with E-state index in [2.05, 4.69) is 31.9 Å². The van der Waals surface area contributed by atoms with Crippen molar-refractivity contribution in [1.82, 2.24) is 0 Å². The molecule has 3 nitrogen and oxygen atoms in total. The minimum atomic E-state index is -0.103. The molecule has 7 atom stereocenters. The summed E-state index contributed by atoms with van der Waals surface area (Å²) in [4.78, 5) is 0. The lowest BCUT2D eigenvalue weighted by atomic mass is 9.47. The van der Waals surface area contributed by atoms with Crippen LogP contribution in [0.3, 0.4) is 0 Å². The summed E-state index contributed by atoms with van der Waals surface area (Å²) in [5.74, 6) is 8.68. The molecule has 3 heteroatoms. The van der Waals surface area contributed by atoms with Gasteiger partial charge in [-0.3, -0.25) is 0 Å². The molecule has 0 aromatic heterocycles. The Hall–Kier alpha value is -0.830. The quantitative estimate of drug-likeness (QED) is 0.327. The van der Waals surface area contributed by atoms with Crippen LogP contribution in [-0.4, -0.2) is 16.9 Å². The van der Waals surface area contributed by atoms with Crippen LogP contribution in [-0.2, 0) is 0 Å². The first-order valence-corrected chi connectivity index (χ1v) is 10.0. The second-order valence-corrected chi connectivity index (χ2v) is 9.60. The van der Waals surface area contributed by atoms with Gasteiger partial charge < -0.3 is 10.9 Å². The van der Waals surface area contributed by atoms with Crippen molar-refractivity contribution in [3.8, 4) is 0 Å². The fourth-order valence-corrected chi connectivity index (χ4v) is 7.42. The molecule has 0 amide bonds. The minimum Gasteiger partial charge on any atom is -0.393 e. The number of fused-ring (bicyclic) bond motifs is 5. The maximum absolute atomic E-state index is 10.1. The van der Waals surface area contributed by atoms with Crippen LogP contribution in [0.2, 0.25) is 0 Å². The monoisotopic (exact) mass is 330 g/mol. The van der Waals surface area contributed by atoms with Gasteiger partial charge in [-0.2, -0.15) is 5.10 Å². The molecule has 4 rings (SSSR count). The molecule has 0 aromatic carbocycles. The Morgan fingerprint density at radius 1 is 1.17 bits per heavy atom. The third-order valence-electron chi connectivity index (χ3n) is 8.79. The minimum absolute atomic E-state index is 0.103. The zero-order chi connectivity index (χ0) is 17.1. The molecule has 3 saturated carbocycles. The Balaban J connectivity index is 1.65. The van der Waals surface area contributed by atoms with Crippen molar-refractivity contribution in [2.24, 2.45) is 45.4 Å². The highest BCUT2D eigenvalue weighted by Gasteiger charge is 2.58. The van der Waals surface area contributed by atoms with Crippen molar-refractivity contribution in [3.05, 3.63) is 11.6 Å². The van der Waals surface area contributed by atoms with E-state index in [9.17, 15) is 5.11 Å². The van der Waals surface area contributed by atoms with E-state index in [-0.39, 0.29) is 6.10 Å². The molecular weight excluding hydrogens is 296 g/mol. The fourth-order valence-electron chi connectivity index (χ4n) is 7.42. The van der Waals surface area contributed by atoms with E-state index in [0.29, 0.717) is 16.7 Å². The van der Waals surface area contributed by atoms with E-state index in [4.69, 9.17) is 5.84 Å². The van der Waals surface area contributed by atoms with Crippen LogP contribution in [0.5, 0.6) is 0 Å². The summed E-state index contributed by atoms with van der Waals surface area (Å²) in [7, 11) is 0. The molecule has 0 aromatic rings. The maximum Gasteiger partial charge on any atom is 0.0577 e. The topological polar surface area (TPSA) is 58.6 Å². The third-order valence-corrected chi connectivity index (χ3v) is 8.79. The van der Waals surface area contributed by atoms with Gasteiger partial charge in [0.25, 0.3) is 0 Å². The second-order valence-electron chi connectivity index (χ2n) is 9.60. The predicted octanol–water partition coefficient (Wildman–Crippen LogP) is 4.26. The number of allylic oxidation sites excluding steroid dienone is 1. The molecule has 134 valence electrons. The lowest BCUT2D eigenvalue weighted by Crippen LogP contribution is -2.50. The third kappa shape index (κ3) is 2.16. The number of hydrazone groups is 1. The van der Waals surface area contributed by atoms with Crippen LogP contribution in [0.4, 0.5) is 0 Å². The average molecular weight is 331 g/mol. The van der Waals surface area contributed by atoms with Crippen molar-refractivity contribution in [2.75, 3.05) is 0 Å². The van der Waals surface area contributed by atoms with Gasteiger partial charge in [0, 0.05) is 11.6 Å². The van der Waals surface area contributed by atoms with Crippen molar-refractivity contribution in [1.29, 1.82) is 0 Å². The summed E-state index contributed by atoms with van der Waals surface area (Å²) >= 11 is 0. The van der Waals surface area contributed by atoms with E-state index in [0.717, 1.165) is 36.3 Å². The number of nitrogens with zero attached hydrogens (tertiary/aromatic N) is 1. The van der Waals surface area contributed by atoms with Crippen LogP contribution >= 0.6 is 0 Å². The number of nitrogens with two attached hydrogens (primary N) is 1. The largest absolute Gasteiger partial charge is 0.393 e. The highest BCUT2D eigenvalue weighted by Crippen LogP contribution is 2.66. The summed E-state index contributed by atoms with van der Waals surface area (Å²) in [6.45, 7) is 7.16. The molecule has 0 bridgehead atoms. The molecule has 24 heavy (non-hydrogen) atoms. The van der Waals surface area contributed by atoms with Crippen molar-refractivity contribution >= 4 is 5.71 Å². The predicted molar refractivity (Wildman–Crippen MR) is 98.5 cm³/mol. The van der Waals surface area contributed by atoms with Gasteiger partial charge >= 0.3 is 0 Å². The van der Waals surface area contributed by atoms with Gasteiger partial charge in [0.15, 0.2) is 0 Å². The van der Waals surface area contributed by atoms with Crippen LogP contribution in [0.15, 0.2) is 16.8 Å². The molecule has 0 unspecified atom stereocenters. The van der Waals surface area contributed by atoms with Crippen molar-refractivity contribution in [2.45, 2.75) is 78.2 Å².